The van der Waals surface area contributed by atoms with Crippen molar-refractivity contribution in [3.05, 3.63) is 76.9 Å². The lowest BCUT2D eigenvalue weighted by Crippen LogP contribution is -2.25. The zero-order valence-electron chi connectivity index (χ0n) is 21.0. The minimum atomic E-state index is -0.688. The van der Waals surface area contributed by atoms with Crippen molar-refractivity contribution in [2.45, 2.75) is 78.2 Å². The fourth-order valence-electron chi connectivity index (χ4n) is 4.11. The summed E-state index contributed by atoms with van der Waals surface area (Å²) in [6.07, 6.45) is 0.0131. The lowest BCUT2D eigenvalue weighted by Gasteiger charge is -2.19. The van der Waals surface area contributed by atoms with Crippen LogP contribution in [0.5, 0.6) is 0 Å². The third kappa shape index (κ3) is 6.99. The highest BCUT2D eigenvalue weighted by Gasteiger charge is 2.25. The standard InChI is InChI=1S/C28H36FN3O3/c1-5-23(33)16-24(34)14-15-32-26(18(2)3)25(31-27(32)21-10-12-22(29)13-11-21)28(35)30-17-20-8-6-19(4)7-9-20/h6-13,18,23-24,33-34H,5,14-17H2,1-4H3,(H,30,35). The van der Waals surface area contributed by atoms with Gasteiger partial charge in [0.15, 0.2) is 0 Å². The van der Waals surface area contributed by atoms with Gasteiger partial charge in [0.2, 0.25) is 0 Å². The Hall–Kier alpha value is -3.03. The summed E-state index contributed by atoms with van der Waals surface area (Å²) in [5.41, 5.74) is 3.92. The number of carbonyl (C=O) groups excluding carboxylic acids is 1. The molecule has 0 aliphatic carbocycles. The van der Waals surface area contributed by atoms with Crippen LogP contribution in [0.25, 0.3) is 11.4 Å². The van der Waals surface area contributed by atoms with Gasteiger partial charge in [-0.15, -0.1) is 0 Å². The predicted molar refractivity (Wildman–Crippen MR) is 136 cm³/mol. The zero-order valence-corrected chi connectivity index (χ0v) is 21.0. The van der Waals surface area contributed by atoms with Gasteiger partial charge in [0.1, 0.15) is 17.3 Å². The number of halogens is 1. The fraction of sp³-hybridized carbons (Fsp3) is 0.429. The van der Waals surface area contributed by atoms with Crippen LogP contribution in [0.1, 0.15) is 73.3 Å². The summed E-state index contributed by atoms with van der Waals surface area (Å²) in [4.78, 5) is 18.0. The van der Waals surface area contributed by atoms with Crippen molar-refractivity contribution in [3.8, 4) is 11.4 Å². The van der Waals surface area contributed by atoms with Gasteiger partial charge in [-0.3, -0.25) is 4.79 Å². The molecule has 0 spiro atoms. The molecular weight excluding hydrogens is 445 g/mol. The molecule has 0 radical (unpaired) electrons. The van der Waals surface area contributed by atoms with Crippen LogP contribution in [0.3, 0.4) is 0 Å². The molecular formula is C28H36FN3O3. The van der Waals surface area contributed by atoms with Gasteiger partial charge in [0.25, 0.3) is 5.91 Å². The number of rotatable bonds is 11. The SMILES string of the molecule is CCC(O)CC(O)CCn1c(-c2ccc(F)cc2)nc(C(=O)NCc2ccc(C)cc2)c1C(C)C. The molecule has 6 nitrogen and oxygen atoms in total. The second kappa shape index (κ2) is 12.1. The second-order valence-corrected chi connectivity index (χ2v) is 9.39. The molecule has 0 aliphatic rings. The van der Waals surface area contributed by atoms with Crippen molar-refractivity contribution in [2.75, 3.05) is 0 Å². The molecule has 2 atom stereocenters. The Morgan fingerprint density at radius 3 is 2.31 bits per heavy atom. The molecule has 35 heavy (non-hydrogen) atoms. The van der Waals surface area contributed by atoms with E-state index in [1.165, 1.54) is 12.1 Å². The van der Waals surface area contributed by atoms with E-state index in [9.17, 15) is 19.4 Å². The van der Waals surface area contributed by atoms with Gasteiger partial charge in [-0.1, -0.05) is 50.6 Å². The summed E-state index contributed by atoms with van der Waals surface area (Å²) < 4.78 is 15.5. The Bertz CT molecular complexity index is 1110. The molecule has 0 saturated heterocycles. The highest BCUT2D eigenvalue weighted by atomic mass is 19.1. The van der Waals surface area contributed by atoms with Crippen LogP contribution in [0.15, 0.2) is 48.5 Å². The maximum absolute atomic E-state index is 13.6. The van der Waals surface area contributed by atoms with Crippen LogP contribution in [0.4, 0.5) is 4.39 Å². The summed E-state index contributed by atoms with van der Waals surface area (Å²) in [5.74, 6) is -0.0954. The smallest absolute Gasteiger partial charge is 0.272 e. The molecule has 3 aromatic rings. The molecule has 3 rings (SSSR count). The van der Waals surface area contributed by atoms with Crippen molar-refractivity contribution in [1.82, 2.24) is 14.9 Å². The predicted octanol–water partition coefficient (Wildman–Crippen LogP) is 4.96. The van der Waals surface area contributed by atoms with E-state index in [1.807, 2.05) is 56.5 Å². The first-order valence-electron chi connectivity index (χ1n) is 12.3. The number of aliphatic hydroxyl groups is 2. The van der Waals surface area contributed by atoms with Crippen molar-refractivity contribution in [2.24, 2.45) is 0 Å². The number of aromatic nitrogens is 2. The zero-order chi connectivity index (χ0) is 25.5. The molecule has 0 aliphatic heterocycles. The lowest BCUT2D eigenvalue weighted by molar-refractivity contribution is 0.0711. The molecule has 1 aromatic heterocycles. The van der Waals surface area contributed by atoms with E-state index >= 15 is 0 Å². The summed E-state index contributed by atoms with van der Waals surface area (Å²) in [6, 6.07) is 14.0. The van der Waals surface area contributed by atoms with Crippen LogP contribution >= 0.6 is 0 Å². The maximum Gasteiger partial charge on any atom is 0.272 e. The van der Waals surface area contributed by atoms with Gasteiger partial charge >= 0.3 is 0 Å². The van der Waals surface area contributed by atoms with E-state index in [0.29, 0.717) is 43.0 Å². The number of nitrogens with zero attached hydrogens (tertiary/aromatic N) is 2. The minimum absolute atomic E-state index is 0.0183. The molecule has 0 fully saturated rings. The molecule has 3 N–H and O–H groups in total. The van der Waals surface area contributed by atoms with Crippen LogP contribution in [-0.2, 0) is 13.1 Å². The van der Waals surface area contributed by atoms with E-state index in [0.717, 1.165) is 16.8 Å². The van der Waals surface area contributed by atoms with Gasteiger partial charge in [-0.05, 0) is 61.9 Å². The molecule has 1 amide bonds. The third-order valence-corrected chi connectivity index (χ3v) is 6.15. The fourth-order valence-corrected chi connectivity index (χ4v) is 4.11. The van der Waals surface area contributed by atoms with Crippen LogP contribution in [0, 0.1) is 12.7 Å². The monoisotopic (exact) mass is 481 g/mol. The van der Waals surface area contributed by atoms with E-state index in [4.69, 9.17) is 4.98 Å². The van der Waals surface area contributed by atoms with Crippen LogP contribution in [-0.4, -0.2) is 37.9 Å². The van der Waals surface area contributed by atoms with Crippen LogP contribution in [0.2, 0.25) is 0 Å². The summed E-state index contributed by atoms with van der Waals surface area (Å²) in [6.45, 7) is 8.67. The molecule has 1 heterocycles. The van der Waals surface area contributed by atoms with Crippen LogP contribution < -0.4 is 5.32 Å². The molecule has 2 unspecified atom stereocenters. The Labute approximate surface area is 206 Å². The van der Waals surface area contributed by atoms with E-state index in [-0.39, 0.29) is 24.1 Å². The molecule has 0 bridgehead atoms. The van der Waals surface area contributed by atoms with Gasteiger partial charge in [-0.25, -0.2) is 9.37 Å². The van der Waals surface area contributed by atoms with E-state index in [1.54, 1.807) is 12.1 Å². The first-order chi connectivity index (χ1) is 16.7. The molecule has 7 heteroatoms. The van der Waals surface area contributed by atoms with Gasteiger partial charge in [0.05, 0.1) is 17.9 Å². The number of aliphatic hydroxyl groups excluding tert-OH is 2. The van der Waals surface area contributed by atoms with Crippen molar-refractivity contribution in [3.63, 3.8) is 0 Å². The Morgan fingerprint density at radius 2 is 1.71 bits per heavy atom. The van der Waals surface area contributed by atoms with Crippen molar-refractivity contribution < 1.29 is 19.4 Å². The topological polar surface area (TPSA) is 87.4 Å². The second-order valence-electron chi connectivity index (χ2n) is 9.39. The van der Waals surface area contributed by atoms with Gasteiger partial charge in [-0.2, -0.15) is 0 Å². The quantitative estimate of drug-likeness (QED) is 0.361. The minimum Gasteiger partial charge on any atom is -0.393 e. The Balaban J connectivity index is 1.93. The number of hydrogen-bond donors (Lipinski definition) is 3. The molecule has 188 valence electrons. The number of benzene rings is 2. The Kier molecular flexibility index (Phi) is 9.18. The summed E-state index contributed by atoms with van der Waals surface area (Å²) in [7, 11) is 0. The first kappa shape index (κ1) is 26.6. The van der Waals surface area contributed by atoms with Gasteiger partial charge < -0.3 is 20.1 Å². The molecule has 0 saturated carbocycles. The normalized spacial score (nSPS) is 13.1. The average molecular weight is 482 g/mol. The highest BCUT2D eigenvalue weighted by molar-refractivity contribution is 5.94. The van der Waals surface area contributed by atoms with Crippen molar-refractivity contribution >= 4 is 5.91 Å². The lowest BCUT2D eigenvalue weighted by atomic mass is 10.1. The highest BCUT2D eigenvalue weighted by Crippen LogP contribution is 2.29. The summed E-state index contributed by atoms with van der Waals surface area (Å²) >= 11 is 0. The molecule has 2 aromatic carbocycles. The number of nitrogens with one attached hydrogen (secondary N) is 1. The number of hydrogen-bond acceptors (Lipinski definition) is 4. The average Bonchev–Trinajstić information content (AvgIpc) is 3.22. The van der Waals surface area contributed by atoms with Crippen molar-refractivity contribution in [1.29, 1.82) is 0 Å². The number of amides is 1. The van der Waals surface area contributed by atoms with E-state index in [2.05, 4.69) is 5.32 Å². The summed E-state index contributed by atoms with van der Waals surface area (Å²) in [5, 5.41) is 23.3. The number of imidazole rings is 1. The maximum atomic E-state index is 13.6. The van der Waals surface area contributed by atoms with Gasteiger partial charge in [0, 0.05) is 18.7 Å². The Morgan fingerprint density at radius 1 is 1.06 bits per heavy atom. The first-order valence-corrected chi connectivity index (χ1v) is 12.3. The number of carbonyl (C=O) groups is 1. The largest absolute Gasteiger partial charge is 0.393 e. The third-order valence-electron chi connectivity index (χ3n) is 6.15. The number of aryl methyl sites for hydroxylation is 1. The van der Waals surface area contributed by atoms with E-state index < -0.39 is 12.2 Å².